The fourth-order valence-electron chi connectivity index (χ4n) is 4.02. The molecule has 2 atom stereocenters. The average molecular weight is 570 g/mol. The molecular weight excluding hydrogens is 533 g/mol. The number of para-hydroxylation sites is 1. The third-order valence-corrected chi connectivity index (χ3v) is 8.44. The first-order valence-corrected chi connectivity index (χ1v) is 14.5. The van der Waals surface area contributed by atoms with E-state index in [4.69, 9.17) is 4.74 Å². The highest BCUT2D eigenvalue weighted by Crippen LogP contribution is 2.27. The Balaban J connectivity index is 2.04. The zero-order chi connectivity index (χ0) is 29.4. The Labute approximate surface area is 235 Å². The van der Waals surface area contributed by atoms with E-state index < -0.39 is 34.3 Å². The number of carbonyl (C=O) groups is 2. The van der Waals surface area contributed by atoms with E-state index in [9.17, 15) is 22.4 Å². The van der Waals surface area contributed by atoms with Gasteiger partial charge in [0.25, 0.3) is 10.0 Å². The number of hydrogen-bond acceptors (Lipinski definition) is 5. The molecule has 3 aromatic rings. The molecule has 0 bridgehead atoms. The summed E-state index contributed by atoms with van der Waals surface area (Å²) in [5.74, 6) is -1.29. The van der Waals surface area contributed by atoms with E-state index in [0.29, 0.717) is 17.7 Å². The molecule has 8 nitrogen and oxygen atoms in total. The second-order valence-electron chi connectivity index (χ2n) is 9.64. The zero-order valence-corrected chi connectivity index (χ0v) is 24.2. The van der Waals surface area contributed by atoms with Crippen LogP contribution in [0.4, 0.5) is 10.1 Å². The Morgan fingerprint density at radius 2 is 1.68 bits per heavy atom. The molecule has 0 aliphatic rings. The summed E-state index contributed by atoms with van der Waals surface area (Å²) in [6, 6.07) is 17.4. The van der Waals surface area contributed by atoms with Gasteiger partial charge in [0.1, 0.15) is 24.2 Å². The molecule has 1 N–H and O–H groups in total. The molecule has 0 heterocycles. The van der Waals surface area contributed by atoms with Gasteiger partial charge in [-0.15, -0.1) is 0 Å². The normalized spacial score (nSPS) is 12.8. The lowest BCUT2D eigenvalue weighted by molar-refractivity contribution is -0.139. The van der Waals surface area contributed by atoms with Gasteiger partial charge in [0.2, 0.25) is 11.8 Å². The predicted molar refractivity (Wildman–Crippen MR) is 153 cm³/mol. The van der Waals surface area contributed by atoms with E-state index in [2.05, 4.69) is 5.32 Å². The summed E-state index contributed by atoms with van der Waals surface area (Å²) in [5.41, 5.74) is 1.25. The number of ether oxygens (including phenoxy) is 1. The van der Waals surface area contributed by atoms with Gasteiger partial charge in [0.05, 0.1) is 17.7 Å². The summed E-state index contributed by atoms with van der Waals surface area (Å²) in [6.45, 7) is 6.46. The standard InChI is InChI=1S/C30H36FN3O5S/c1-6-22(3)32-30(36)23(4)33(19-24-10-9-11-25(18-24)39-5)29(35)20-34(28-13-8-7-12-27(28)31)40(37,38)26-16-14-21(2)15-17-26/h7-18,22-23H,6,19-20H2,1-5H3,(H,32,36)/t22-,23-/m1/s1. The molecule has 0 fully saturated rings. The quantitative estimate of drug-likeness (QED) is 0.342. The molecule has 0 saturated carbocycles. The van der Waals surface area contributed by atoms with Crippen molar-refractivity contribution in [1.82, 2.24) is 10.2 Å². The van der Waals surface area contributed by atoms with Crippen LogP contribution >= 0.6 is 0 Å². The first-order valence-electron chi connectivity index (χ1n) is 13.0. The number of benzene rings is 3. The maximum atomic E-state index is 15.0. The Morgan fingerprint density at radius 1 is 1.00 bits per heavy atom. The number of rotatable bonds is 12. The summed E-state index contributed by atoms with van der Waals surface area (Å²) in [7, 11) is -2.83. The molecule has 3 aromatic carbocycles. The fourth-order valence-corrected chi connectivity index (χ4v) is 5.44. The second kappa shape index (κ2) is 13.4. The highest BCUT2D eigenvalue weighted by atomic mass is 32.2. The smallest absolute Gasteiger partial charge is 0.264 e. The molecule has 40 heavy (non-hydrogen) atoms. The minimum Gasteiger partial charge on any atom is -0.497 e. The summed E-state index contributed by atoms with van der Waals surface area (Å²) in [5, 5.41) is 2.88. The van der Waals surface area contributed by atoms with Crippen molar-refractivity contribution in [2.24, 2.45) is 0 Å². The first-order chi connectivity index (χ1) is 19.0. The Kier molecular flexibility index (Phi) is 10.3. The van der Waals surface area contributed by atoms with E-state index in [-0.39, 0.29) is 29.1 Å². The summed E-state index contributed by atoms with van der Waals surface area (Å²) in [4.78, 5) is 28.2. The van der Waals surface area contributed by atoms with Gasteiger partial charge in [-0.25, -0.2) is 12.8 Å². The molecule has 0 spiro atoms. The van der Waals surface area contributed by atoms with Gasteiger partial charge in [-0.1, -0.05) is 48.9 Å². The van der Waals surface area contributed by atoms with Crippen molar-refractivity contribution in [1.29, 1.82) is 0 Å². The maximum absolute atomic E-state index is 15.0. The van der Waals surface area contributed by atoms with Crippen molar-refractivity contribution >= 4 is 27.5 Å². The zero-order valence-electron chi connectivity index (χ0n) is 23.4. The summed E-state index contributed by atoms with van der Waals surface area (Å²) >= 11 is 0. The van der Waals surface area contributed by atoms with Gasteiger partial charge in [0, 0.05) is 12.6 Å². The van der Waals surface area contributed by atoms with Gasteiger partial charge >= 0.3 is 0 Å². The van der Waals surface area contributed by atoms with Gasteiger partial charge in [0.15, 0.2) is 0 Å². The fraction of sp³-hybridized carbons (Fsp3) is 0.333. The van der Waals surface area contributed by atoms with Crippen LogP contribution in [0, 0.1) is 12.7 Å². The van der Waals surface area contributed by atoms with Crippen LogP contribution in [0.1, 0.15) is 38.3 Å². The minimum absolute atomic E-state index is 0.000811. The van der Waals surface area contributed by atoms with Crippen LogP contribution in [0.5, 0.6) is 5.75 Å². The van der Waals surface area contributed by atoms with E-state index >= 15 is 0 Å². The lowest BCUT2D eigenvalue weighted by Gasteiger charge is -2.32. The first kappa shape index (κ1) is 30.6. The van der Waals surface area contributed by atoms with E-state index in [1.54, 1.807) is 43.3 Å². The Morgan fingerprint density at radius 3 is 2.30 bits per heavy atom. The predicted octanol–water partition coefficient (Wildman–Crippen LogP) is 4.67. The van der Waals surface area contributed by atoms with Gasteiger partial charge in [-0.3, -0.25) is 13.9 Å². The monoisotopic (exact) mass is 569 g/mol. The van der Waals surface area contributed by atoms with Crippen LogP contribution in [0.25, 0.3) is 0 Å². The topological polar surface area (TPSA) is 96.0 Å². The molecule has 0 aromatic heterocycles. The van der Waals surface area contributed by atoms with E-state index in [1.807, 2.05) is 20.8 Å². The van der Waals surface area contributed by atoms with Crippen molar-refractivity contribution in [3.8, 4) is 5.75 Å². The lowest BCUT2D eigenvalue weighted by atomic mass is 10.1. The number of amides is 2. The van der Waals surface area contributed by atoms with Crippen LogP contribution in [0.15, 0.2) is 77.7 Å². The van der Waals surface area contributed by atoms with Crippen molar-refractivity contribution in [2.75, 3.05) is 18.0 Å². The number of hydrogen-bond donors (Lipinski definition) is 1. The van der Waals surface area contributed by atoms with Gasteiger partial charge < -0.3 is 15.0 Å². The number of methoxy groups -OCH3 is 1. The molecule has 0 unspecified atom stereocenters. The molecule has 0 aliphatic carbocycles. The number of nitrogens with zero attached hydrogens (tertiary/aromatic N) is 2. The van der Waals surface area contributed by atoms with Gasteiger partial charge in [-0.05, 0) is 69.2 Å². The maximum Gasteiger partial charge on any atom is 0.264 e. The summed E-state index contributed by atoms with van der Waals surface area (Å²) < 4.78 is 48.6. The molecular formula is C30H36FN3O5S. The molecule has 0 saturated heterocycles. The van der Waals surface area contributed by atoms with Crippen molar-refractivity contribution in [3.63, 3.8) is 0 Å². The minimum atomic E-state index is -4.35. The highest BCUT2D eigenvalue weighted by Gasteiger charge is 2.33. The molecule has 10 heteroatoms. The Bertz CT molecular complexity index is 1430. The summed E-state index contributed by atoms with van der Waals surface area (Å²) in [6.07, 6.45) is 0.693. The number of carbonyl (C=O) groups excluding carboxylic acids is 2. The number of nitrogens with one attached hydrogen (secondary N) is 1. The van der Waals surface area contributed by atoms with Gasteiger partial charge in [-0.2, -0.15) is 0 Å². The number of sulfonamides is 1. The third-order valence-electron chi connectivity index (χ3n) is 6.66. The molecule has 214 valence electrons. The van der Waals surface area contributed by atoms with Crippen molar-refractivity contribution in [3.05, 3.63) is 89.7 Å². The van der Waals surface area contributed by atoms with E-state index in [0.717, 1.165) is 15.9 Å². The largest absolute Gasteiger partial charge is 0.497 e. The third kappa shape index (κ3) is 7.38. The lowest BCUT2D eigenvalue weighted by Crippen LogP contribution is -2.52. The van der Waals surface area contributed by atoms with Crippen LogP contribution in [-0.2, 0) is 26.2 Å². The molecule has 3 rings (SSSR count). The SMILES string of the molecule is CC[C@@H](C)NC(=O)[C@@H](C)N(Cc1cccc(OC)c1)C(=O)CN(c1ccccc1F)S(=O)(=O)c1ccc(C)cc1. The molecule has 2 amide bonds. The number of anilines is 1. The second-order valence-corrected chi connectivity index (χ2v) is 11.5. The van der Waals surface area contributed by atoms with E-state index in [1.165, 1.54) is 42.3 Å². The van der Waals surface area contributed by atoms with Crippen LogP contribution in [0.2, 0.25) is 0 Å². The Hall–Kier alpha value is -3.92. The highest BCUT2D eigenvalue weighted by molar-refractivity contribution is 7.92. The average Bonchev–Trinajstić information content (AvgIpc) is 2.94. The molecule has 0 aliphatic heterocycles. The number of halogens is 1. The van der Waals surface area contributed by atoms with Crippen molar-refractivity contribution in [2.45, 2.75) is 57.6 Å². The van der Waals surface area contributed by atoms with Crippen LogP contribution in [0.3, 0.4) is 0 Å². The van der Waals surface area contributed by atoms with Crippen molar-refractivity contribution < 1.29 is 27.1 Å². The van der Waals surface area contributed by atoms with Crippen LogP contribution < -0.4 is 14.4 Å². The van der Waals surface area contributed by atoms with Crippen LogP contribution in [-0.4, -0.2) is 50.9 Å². The molecule has 0 radical (unpaired) electrons. The number of aryl methyl sites for hydroxylation is 1.